The van der Waals surface area contributed by atoms with Gasteiger partial charge in [0, 0.05) is 30.8 Å². The minimum atomic E-state index is -0.497. The van der Waals surface area contributed by atoms with Crippen LogP contribution in [0.1, 0.15) is 19.4 Å². The number of nitrogens with zero attached hydrogens (tertiary/aromatic N) is 1. The quantitative estimate of drug-likeness (QED) is 0.699. The van der Waals surface area contributed by atoms with Crippen LogP contribution in [0.5, 0.6) is 0 Å². The van der Waals surface area contributed by atoms with Gasteiger partial charge in [0.05, 0.1) is 24.6 Å². The standard InChI is InChI=1S/C16H24N4O3S/c1-16(2)22-7-12(23-16)11(8-24-3)5-17-4-10-6-18-14-13(10)19-9-20-15(14)21/h6,9,11-12,17-18H,4-5,7-8H2,1-3H3,(H,19,20,21)/t11-,12-/m1/s1. The molecule has 3 N–H and O–H groups in total. The molecule has 3 heterocycles. The van der Waals surface area contributed by atoms with Crippen molar-refractivity contribution in [3.8, 4) is 0 Å². The van der Waals surface area contributed by atoms with Crippen molar-refractivity contribution in [2.75, 3.05) is 25.2 Å². The van der Waals surface area contributed by atoms with Gasteiger partial charge in [-0.15, -0.1) is 0 Å². The molecule has 2 atom stereocenters. The lowest BCUT2D eigenvalue weighted by Gasteiger charge is -2.24. The summed E-state index contributed by atoms with van der Waals surface area (Å²) in [5, 5.41) is 3.47. The number of hydrogen-bond acceptors (Lipinski definition) is 6. The van der Waals surface area contributed by atoms with E-state index in [1.54, 1.807) is 0 Å². The van der Waals surface area contributed by atoms with Crippen LogP contribution in [0.15, 0.2) is 17.3 Å². The van der Waals surface area contributed by atoms with E-state index in [9.17, 15) is 4.79 Å². The summed E-state index contributed by atoms with van der Waals surface area (Å²) in [6, 6.07) is 0. The molecule has 0 unspecified atom stereocenters. The van der Waals surface area contributed by atoms with Crippen molar-refractivity contribution in [3.05, 3.63) is 28.4 Å². The summed E-state index contributed by atoms with van der Waals surface area (Å²) >= 11 is 1.81. The molecule has 7 nitrogen and oxygen atoms in total. The van der Waals surface area contributed by atoms with Gasteiger partial charge in [0.25, 0.3) is 5.56 Å². The Balaban J connectivity index is 1.61. The highest BCUT2D eigenvalue weighted by Crippen LogP contribution is 2.28. The number of rotatable bonds is 7. The predicted octanol–water partition coefficient (Wildman–Crippen LogP) is 1.47. The van der Waals surface area contributed by atoms with Gasteiger partial charge in [-0.25, -0.2) is 4.98 Å². The maximum Gasteiger partial charge on any atom is 0.275 e. The second kappa shape index (κ2) is 7.26. The molecule has 1 aliphatic heterocycles. The van der Waals surface area contributed by atoms with E-state index in [0.29, 0.717) is 30.1 Å². The fourth-order valence-corrected chi connectivity index (χ4v) is 3.75. The number of thioether (sulfide) groups is 1. The van der Waals surface area contributed by atoms with Crippen LogP contribution < -0.4 is 10.9 Å². The van der Waals surface area contributed by atoms with Gasteiger partial charge >= 0.3 is 0 Å². The van der Waals surface area contributed by atoms with E-state index < -0.39 is 5.79 Å². The minimum absolute atomic E-state index is 0.101. The maximum atomic E-state index is 11.7. The number of nitrogens with one attached hydrogen (secondary N) is 3. The van der Waals surface area contributed by atoms with Crippen molar-refractivity contribution < 1.29 is 9.47 Å². The first-order valence-electron chi connectivity index (χ1n) is 8.05. The summed E-state index contributed by atoms with van der Waals surface area (Å²) in [6.45, 7) is 6.00. The lowest BCUT2D eigenvalue weighted by Crippen LogP contribution is -2.35. The molecule has 3 rings (SSSR count). The van der Waals surface area contributed by atoms with E-state index in [2.05, 4.69) is 26.5 Å². The normalized spacial score (nSPS) is 21.4. The lowest BCUT2D eigenvalue weighted by molar-refractivity contribution is -0.143. The van der Waals surface area contributed by atoms with Crippen LogP contribution in [-0.4, -0.2) is 52.0 Å². The summed E-state index contributed by atoms with van der Waals surface area (Å²) in [7, 11) is 0. The zero-order valence-electron chi connectivity index (χ0n) is 14.2. The third-order valence-corrected chi connectivity index (χ3v) is 4.97. The van der Waals surface area contributed by atoms with Crippen molar-refractivity contribution in [2.24, 2.45) is 5.92 Å². The van der Waals surface area contributed by atoms with Gasteiger partial charge in [-0.3, -0.25) is 4.79 Å². The van der Waals surface area contributed by atoms with Gasteiger partial charge in [0.1, 0.15) is 5.52 Å². The van der Waals surface area contributed by atoms with Gasteiger partial charge in [0.2, 0.25) is 0 Å². The Morgan fingerprint density at radius 1 is 1.50 bits per heavy atom. The molecular formula is C16H24N4O3S. The Hall–Kier alpha value is -1.35. The van der Waals surface area contributed by atoms with Crippen LogP contribution in [-0.2, 0) is 16.0 Å². The molecule has 8 heteroatoms. The van der Waals surface area contributed by atoms with Gasteiger partial charge in [-0.2, -0.15) is 11.8 Å². The largest absolute Gasteiger partial charge is 0.355 e. The molecule has 0 radical (unpaired) electrons. The van der Waals surface area contributed by atoms with E-state index in [4.69, 9.17) is 9.47 Å². The molecule has 2 aromatic rings. The predicted molar refractivity (Wildman–Crippen MR) is 95.2 cm³/mol. The van der Waals surface area contributed by atoms with Crippen LogP contribution in [0.3, 0.4) is 0 Å². The first kappa shape index (κ1) is 17.5. The molecule has 0 bridgehead atoms. The van der Waals surface area contributed by atoms with Crippen molar-refractivity contribution in [1.29, 1.82) is 0 Å². The molecule has 24 heavy (non-hydrogen) atoms. The summed E-state index contributed by atoms with van der Waals surface area (Å²) in [4.78, 5) is 21.5. The molecule has 0 spiro atoms. The molecule has 132 valence electrons. The average molecular weight is 352 g/mol. The van der Waals surface area contributed by atoms with Crippen molar-refractivity contribution in [3.63, 3.8) is 0 Å². The first-order chi connectivity index (χ1) is 11.5. The smallest absolute Gasteiger partial charge is 0.275 e. The van der Waals surface area contributed by atoms with E-state index in [1.165, 1.54) is 6.33 Å². The van der Waals surface area contributed by atoms with E-state index in [1.807, 2.05) is 31.8 Å². The zero-order chi connectivity index (χ0) is 17.2. The van der Waals surface area contributed by atoms with Crippen molar-refractivity contribution in [1.82, 2.24) is 20.3 Å². The van der Waals surface area contributed by atoms with Crippen LogP contribution in [0.2, 0.25) is 0 Å². The number of hydrogen-bond donors (Lipinski definition) is 3. The Morgan fingerprint density at radius 2 is 2.33 bits per heavy atom. The van der Waals surface area contributed by atoms with E-state index in [-0.39, 0.29) is 11.7 Å². The Kier molecular flexibility index (Phi) is 5.29. The molecule has 2 aromatic heterocycles. The molecule has 0 aliphatic carbocycles. The SMILES string of the molecule is CSC[C@@H](CNCc1c[nH]c2c(=O)[nH]cnc12)[C@H]1COC(C)(C)O1. The molecule has 0 amide bonds. The van der Waals surface area contributed by atoms with Gasteiger partial charge in [0.15, 0.2) is 5.79 Å². The number of aromatic amines is 2. The average Bonchev–Trinajstić information content (AvgIpc) is 3.11. The van der Waals surface area contributed by atoms with Crippen LogP contribution in [0, 0.1) is 5.92 Å². The third kappa shape index (κ3) is 3.83. The molecule has 0 aromatic carbocycles. The first-order valence-corrected chi connectivity index (χ1v) is 9.44. The highest BCUT2D eigenvalue weighted by molar-refractivity contribution is 7.98. The number of aromatic nitrogens is 3. The zero-order valence-corrected chi connectivity index (χ0v) is 15.0. The van der Waals surface area contributed by atoms with Gasteiger partial charge in [-0.05, 0) is 25.9 Å². The minimum Gasteiger partial charge on any atom is -0.355 e. The number of fused-ring (bicyclic) bond motifs is 1. The van der Waals surface area contributed by atoms with E-state index in [0.717, 1.165) is 17.9 Å². The van der Waals surface area contributed by atoms with Gasteiger partial charge in [-0.1, -0.05) is 0 Å². The summed E-state index contributed by atoms with van der Waals surface area (Å²) in [5.74, 6) is 0.870. The Bertz CT molecular complexity index is 742. The third-order valence-electron chi connectivity index (χ3n) is 4.21. The molecule has 1 fully saturated rings. The Morgan fingerprint density at radius 3 is 3.04 bits per heavy atom. The van der Waals surface area contributed by atoms with Crippen molar-refractivity contribution in [2.45, 2.75) is 32.3 Å². The Labute approximate surface area is 144 Å². The summed E-state index contributed by atoms with van der Waals surface area (Å²) < 4.78 is 11.7. The molecule has 0 saturated carbocycles. The number of H-pyrrole nitrogens is 2. The monoisotopic (exact) mass is 352 g/mol. The fraction of sp³-hybridized carbons (Fsp3) is 0.625. The second-order valence-electron chi connectivity index (χ2n) is 6.48. The summed E-state index contributed by atoms with van der Waals surface area (Å²) in [5.41, 5.74) is 2.08. The maximum absolute atomic E-state index is 11.7. The highest BCUT2D eigenvalue weighted by atomic mass is 32.2. The van der Waals surface area contributed by atoms with Crippen LogP contribution >= 0.6 is 11.8 Å². The number of ether oxygens (including phenoxy) is 2. The highest BCUT2D eigenvalue weighted by Gasteiger charge is 2.36. The van der Waals surface area contributed by atoms with Crippen LogP contribution in [0.4, 0.5) is 0 Å². The topological polar surface area (TPSA) is 92.0 Å². The van der Waals surface area contributed by atoms with Crippen LogP contribution in [0.25, 0.3) is 11.0 Å². The molecule has 1 saturated heterocycles. The fourth-order valence-electron chi connectivity index (χ4n) is 2.99. The van der Waals surface area contributed by atoms with Crippen molar-refractivity contribution >= 4 is 22.8 Å². The van der Waals surface area contributed by atoms with E-state index >= 15 is 0 Å². The van der Waals surface area contributed by atoms with Gasteiger partial charge < -0.3 is 24.8 Å². The second-order valence-corrected chi connectivity index (χ2v) is 7.39. The molecule has 1 aliphatic rings. The summed E-state index contributed by atoms with van der Waals surface area (Å²) in [6.07, 6.45) is 5.47. The molecular weight excluding hydrogens is 328 g/mol. The lowest BCUT2D eigenvalue weighted by atomic mass is 10.1.